The Morgan fingerprint density at radius 2 is 2.18 bits per heavy atom. The molecule has 0 amide bonds. The predicted octanol–water partition coefficient (Wildman–Crippen LogP) is 3.72. The summed E-state index contributed by atoms with van der Waals surface area (Å²) in [6, 6.07) is 5.75. The van der Waals surface area contributed by atoms with Crippen LogP contribution in [0.15, 0.2) is 18.2 Å². The molecule has 1 rings (SSSR count). The van der Waals surface area contributed by atoms with Gasteiger partial charge in [0.15, 0.2) is 5.78 Å². The first-order valence-corrected chi connectivity index (χ1v) is 7.12. The first kappa shape index (κ1) is 14.1. The van der Waals surface area contributed by atoms with E-state index in [0.717, 1.165) is 23.5 Å². The minimum absolute atomic E-state index is 0.0617. The lowest BCUT2D eigenvalue weighted by Crippen LogP contribution is -2.04. The third-order valence-electron chi connectivity index (χ3n) is 2.41. The lowest BCUT2D eigenvalue weighted by molar-refractivity contribution is 0.101. The van der Waals surface area contributed by atoms with Crippen molar-refractivity contribution in [2.24, 2.45) is 0 Å². The van der Waals surface area contributed by atoms with E-state index in [-0.39, 0.29) is 5.78 Å². The van der Waals surface area contributed by atoms with Crippen molar-refractivity contribution in [3.05, 3.63) is 29.3 Å². The maximum atomic E-state index is 11.5. The molecule has 0 heterocycles. The van der Waals surface area contributed by atoms with E-state index in [1.165, 1.54) is 0 Å². The largest absolute Gasteiger partial charge is 0.493 e. The number of carbonyl (C=O) groups is 1. The van der Waals surface area contributed by atoms with Crippen molar-refractivity contribution in [2.45, 2.75) is 27.2 Å². The Kier molecular flexibility index (Phi) is 6.12. The highest BCUT2D eigenvalue weighted by atomic mass is 32.2. The van der Waals surface area contributed by atoms with Crippen LogP contribution in [-0.4, -0.2) is 23.9 Å². The van der Waals surface area contributed by atoms with Crippen molar-refractivity contribution in [3.63, 3.8) is 0 Å². The standard InChI is InChI=1S/C14H20O2S/c1-4-17-9-5-8-16-14-7-6-11(2)10-13(14)12(3)15/h6-7,10H,4-5,8-9H2,1-3H3. The fourth-order valence-corrected chi connectivity index (χ4v) is 2.14. The molecule has 0 saturated heterocycles. The summed E-state index contributed by atoms with van der Waals surface area (Å²) >= 11 is 1.91. The number of hydrogen-bond donors (Lipinski definition) is 0. The molecule has 0 fully saturated rings. The molecule has 0 N–H and O–H groups in total. The van der Waals surface area contributed by atoms with Gasteiger partial charge in [0, 0.05) is 0 Å². The van der Waals surface area contributed by atoms with Crippen LogP contribution in [-0.2, 0) is 0 Å². The van der Waals surface area contributed by atoms with Crippen molar-refractivity contribution < 1.29 is 9.53 Å². The van der Waals surface area contributed by atoms with Crippen LogP contribution < -0.4 is 4.74 Å². The number of ether oxygens (including phenoxy) is 1. The zero-order valence-corrected chi connectivity index (χ0v) is 11.6. The minimum Gasteiger partial charge on any atom is -0.493 e. The van der Waals surface area contributed by atoms with Gasteiger partial charge in [0.1, 0.15) is 5.75 Å². The number of hydrogen-bond acceptors (Lipinski definition) is 3. The molecule has 0 aliphatic heterocycles. The van der Waals surface area contributed by atoms with Gasteiger partial charge in [0.25, 0.3) is 0 Å². The lowest BCUT2D eigenvalue weighted by Gasteiger charge is -2.10. The molecule has 94 valence electrons. The van der Waals surface area contributed by atoms with Crippen LogP contribution in [0, 0.1) is 6.92 Å². The fraction of sp³-hybridized carbons (Fsp3) is 0.500. The van der Waals surface area contributed by atoms with E-state index in [1.54, 1.807) is 6.92 Å². The second-order valence-corrected chi connectivity index (χ2v) is 5.35. The number of aryl methyl sites for hydroxylation is 1. The van der Waals surface area contributed by atoms with Gasteiger partial charge in [-0.1, -0.05) is 18.6 Å². The van der Waals surface area contributed by atoms with Crippen molar-refractivity contribution in [2.75, 3.05) is 18.1 Å². The molecular weight excluding hydrogens is 232 g/mol. The Labute approximate surface area is 108 Å². The number of benzene rings is 1. The molecule has 0 bridgehead atoms. The van der Waals surface area contributed by atoms with E-state index in [4.69, 9.17) is 4.74 Å². The quantitative estimate of drug-likeness (QED) is 0.546. The molecule has 17 heavy (non-hydrogen) atoms. The SMILES string of the molecule is CCSCCCOc1ccc(C)cc1C(C)=O. The summed E-state index contributed by atoms with van der Waals surface area (Å²) in [5.41, 5.74) is 1.78. The summed E-state index contributed by atoms with van der Waals surface area (Å²) in [7, 11) is 0. The second kappa shape index (κ2) is 7.38. The monoisotopic (exact) mass is 252 g/mol. The van der Waals surface area contributed by atoms with E-state index in [1.807, 2.05) is 36.9 Å². The third-order valence-corrected chi connectivity index (χ3v) is 3.39. The Balaban J connectivity index is 2.55. The highest BCUT2D eigenvalue weighted by Gasteiger charge is 2.08. The number of thioether (sulfide) groups is 1. The Morgan fingerprint density at radius 1 is 1.41 bits per heavy atom. The number of rotatable bonds is 7. The van der Waals surface area contributed by atoms with Crippen LogP contribution in [0.2, 0.25) is 0 Å². The molecule has 0 aromatic heterocycles. The topological polar surface area (TPSA) is 26.3 Å². The van der Waals surface area contributed by atoms with Crippen molar-refractivity contribution in [3.8, 4) is 5.75 Å². The van der Waals surface area contributed by atoms with Gasteiger partial charge in [-0.05, 0) is 43.9 Å². The summed E-state index contributed by atoms with van der Waals surface area (Å²) in [4.78, 5) is 11.5. The molecule has 0 spiro atoms. The van der Waals surface area contributed by atoms with Gasteiger partial charge in [-0.15, -0.1) is 0 Å². The second-order valence-electron chi connectivity index (χ2n) is 3.95. The third kappa shape index (κ3) is 4.82. The number of ketones is 1. The van der Waals surface area contributed by atoms with Gasteiger partial charge in [-0.25, -0.2) is 0 Å². The first-order chi connectivity index (χ1) is 8.15. The average molecular weight is 252 g/mol. The maximum Gasteiger partial charge on any atom is 0.163 e. The summed E-state index contributed by atoms with van der Waals surface area (Å²) in [5.74, 6) is 3.03. The zero-order valence-electron chi connectivity index (χ0n) is 10.8. The van der Waals surface area contributed by atoms with Gasteiger partial charge >= 0.3 is 0 Å². The van der Waals surface area contributed by atoms with Gasteiger partial charge in [-0.3, -0.25) is 4.79 Å². The molecule has 3 heteroatoms. The molecule has 1 aromatic carbocycles. The Hall–Kier alpha value is -0.960. The van der Waals surface area contributed by atoms with E-state index >= 15 is 0 Å². The van der Waals surface area contributed by atoms with Crippen LogP contribution in [0.5, 0.6) is 5.75 Å². The highest BCUT2D eigenvalue weighted by molar-refractivity contribution is 7.99. The molecule has 2 nitrogen and oxygen atoms in total. The predicted molar refractivity (Wildman–Crippen MR) is 74.3 cm³/mol. The van der Waals surface area contributed by atoms with Crippen molar-refractivity contribution in [1.29, 1.82) is 0 Å². The van der Waals surface area contributed by atoms with Gasteiger partial charge in [-0.2, -0.15) is 11.8 Å². The van der Waals surface area contributed by atoms with E-state index in [9.17, 15) is 4.79 Å². The van der Waals surface area contributed by atoms with E-state index in [2.05, 4.69) is 6.92 Å². The Bertz CT molecular complexity index is 374. The maximum absolute atomic E-state index is 11.5. The number of carbonyl (C=O) groups excluding carboxylic acids is 1. The minimum atomic E-state index is 0.0617. The van der Waals surface area contributed by atoms with Gasteiger partial charge in [0.2, 0.25) is 0 Å². The summed E-state index contributed by atoms with van der Waals surface area (Å²) < 4.78 is 5.67. The molecule has 0 aliphatic rings. The van der Waals surface area contributed by atoms with Crippen molar-refractivity contribution in [1.82, 2.24) is 0 Å². The fourth-order valence-electron chi connectivity index (χ4n) is 1.53. The van der Waals surface area contributed by atoms with Crippen molar-refractivity contribution >= 4 is 17.5 Å². The summed E-state index contributed by atoms with van der Waals surface area (Å²) in [6.07, 6.45) is 1.02. The van der Waals surface area contributed by atoms with Crippen LogP contribution >= 0.6 is 11.8 Å². The van der Waals surface area contributed by atoms with Crippen LogP contribution in [0.25, 0.3) is 0 Å². The van der Waals surface area contributed by atoms with E-state index in [0.29, 0.717) is 17.9 Å². The molecule has 1 aromatic rings. The molecule has 0 unspecified atom stereocenters. The van der Waals surface area contributed by atoms with Gasteiger partial charge in [0.05, 0.1) is 12.2 Å². The average Bonchev–Trinajstić information content (AvgIpc) is 2.30. The van der Waals surface area contributed by atoms with E-state index < -0.39 is 0 Å². The van der Waals surface area contributed by atoms with Crippen LogP contribution in [0.3, 0.4) is 0 Å². The molecule has 0 atom stereocenters. The molecule has 0 saturated carbocycles. The summed E-state index contributed by atoms with van der Waals surface area (Å²) in [6.45, 7) is 6.39. The molecular formula is C14H20O2S. The smallest absolute Gasteiger partial charge is 0.163 e. The molecule has 0 radical (unpaired) electrons. The Morgan fingerprint density at radius 3 is 2.82 bits per heavy atom. The first-order valence-electron chi connectivity index (χ1n) is 5.97. The number of Topliss-reactive ketones (excluding diaryl/α,β-unsaturated/α-hetero) is 1. The highest BCUT2D eigenvalue weighted by Crippen LogP contribution is 2.20. The van der Waals surface area contributed by atoms with Crippen LogP contribution in [0.4, 0.5) is 0 Å². The normalized spacial score (nSPS) is 10.3. The molecule has 0 aliphatic carbocycles. The zero-order chi connectivity index (χ0) is 12.7. The van der Waals surface area contributed by atoms with Gasteiger partial charge < -0.3 is 4.74 Å². The lowest BCUT2D eigenvalue weighted by atomic mass is 10.1. The summed E-state index contributed by atoms with van der Waals surface area (Å²) in [5, 5.41) is 0. The van der Waals surface area contributed by atoms with Crippen LogP contribution in [0.1, 0.15) is 36.2 Å².